The van der Waals surface area contributed by atoms with Gasteiger partial charge in [0.05, 0.1) is 30.1 Å². The fraction of sp³-hybridized carbons (Fsp3) is 0.361. The molecular weight excluding hydrogens is 648 g/mol. The van der Waals surface area contributed by atoms with Crippen molar-refractivity contribution in [2.24, 2.45) is 5.92 Å². The zero-order chi connectivity index (χ0) is 34.9. The van der Waals surface area contributed by atoms with Gasteiger partial charge in [-0.1, -0.05) is 43.0 Å². The van der Waals surface area contributed by atoms with Crippen molar-refractivity contribution in [2.75, 3.05) is 13.7 Å². The highest BCUT2D eigenvalue weighted by Crippen LogP contribution is 2.45. The minimum Gasteiger partial charge on any atom is -0.497 e. The summed E-state index contributed by atoms with van der Waals surface area (Å²) in [6.45, 7) is 7.24. The van der Waals surface area contributed by atoms with E-state index in [9.17, 15) is 27.6 Å². The van der Waals surface area contributed by atoms with Gasteiger partial charge in [-0.2, -0.15) is 0 Å². The summed E-state index contributed by atoms with van der Waals surface area (Å²) >= 11 is 0. The van der Waals surface area contributed by atoms with Crippen LogP contribution in [0.25, 0.3) is 22.2 Å². The number of aromatic nitrogens is 1. The Hall–Kier alpha value is -5.04. The molecule has 0 bridgehead atoms. The Morgan fingerprint density at radius 2 is 1.82 bits per heavy atom. The van der Waals surface area contributed by atoms with Crippen molar-refractivity contribution in [1.82, 2.24) is 19.9 Å². The SMILES string of the molecule is C=CC(=O)CCC(=O)N1C[C@H](Oc2cc(-c3ccccc3)nc3cc(OC)ccc23)C[C@H]1C(=O)N[C@]1(C(=O)NS(=O)(=O)C2CC2)C[C@H]1C=C. The van der Waals surface area contributed by atoms with Crippen molar-refractivity contribution in [3.05, 3.63) is 79.9 Å². The summed E-state index contributed by atoms with van der Waals surface area (Å²) in [5.41, 5.74) is 0.617. The molecule has 2 heterocycles. The van der Waals surface area contributed by atoms with E-state index >= 15 is 0 Å². The number of ether oxygens (including phenoxy) is 2. The van der Waals surface area contributed by atoms with Gasteiger partial charge in [0.1, 0.15) is 29.2 Å². The van der Waals surface area contributed by atoms with Crippen LogP contribution in [0.4, 0.5) is 0 Å². The first-order chi connectivity index (χ1) is 23.5. The quantitative estimate of drug-likeness (QED) is 0.191. The first-order valence-electron chi connectivity index (χ1n) is 16.1. The van der Waals surface area contributed by atoms with E-state index in [0.29, 0.717) is 40.9 Å². The van der Waals surface area contributed by atoms with Crippen molar-refractivity contribution in [3.63, 3.8) is 0 Å². The number of benzene rings is 2. The lowest BCUT2D eigenvalue weighted by molar-refractivity contribution is -0.140. The van der Waals surface area contributed by atoms with E-state index in [4.69, 9.17) is 14.5 Å². The number of hydrogen-bond acceptors (Lipinski definition) is 9. The van der Waals surface area contributed by atoms with Gasteiger partial charge < -0.3 is 19.7 Å². The second kappa shape index (κ2) is 13.5. The summed E-state index contributed by atoms with van der Waals surface area (Å²) < 4.78 is 39.3. The Labute approximate surface area is 284 Å². The maximum atomic E-state index is 14.0. The van der Waals surface area contributed by atoms with E-state index in [1.165, 1.54) is 11.0 Å². The third kappa shape index (κ3) is 7.07. The van der Waals surface area contributed by atoms with Crippen molar-refractivity contribution in [1.29, 1.82) is 0 Å². The third-order valence-corrected chi connectivity index (χ3v) is 11.1. The van der Waals surface area contributed by atoms with E-state index in [0.717, 1.165) is 11.6 Å². The summed E-state index contributed by atoms with van der Waals surface area (Å²) in [6.07, 6.45) is 2.92. The lowest BCUT2D eigenvalue weighted by Crippen LogP contribution is -2.56. The smallest absolute Gasteiger partial charge is 0.259 e. The van der Waals surface area contributed by atoms with Gasteiger partial charge >= 0.3 is 0 Å². The number of methoxy groups -OCH3 is 1. The Morgan fingerprint density at radius 3 is 2.47 bits per heavy atom. The third-order valence-electron chi connectivity index (χ3n) is 9.29. The second-order valence-corrected chi connectivity index (χ2v) is 14.6. The van der Waals surface area contributed by atoms with Crippen molar-refractivity contribution < 1.29 is 37.1 Å². The molecule has 12 nitrogen and oxygen atoms in total. The van der Waals surface area contributed by atoms with E-state index in [1.54, 1.807) is 19.2 Å². The zero-order valence-electron chi connectivity index (χ0n) is 27.1. The largest absolute Gasteiger partial charge is 0.497 e. The maximum absolute atomic E-state index is 14.0. The molecule has 3 aromatic rings. The minimum absolute atomic E-state index is 0.0278. The Morgan fingerprint density at radius 1 is 1.06 bits per heavy atom. The van der Waals surface area contributed by atoms with Crippen LogP contribution in [0.5, 0.6) is 11.5 Å². The monoisotopic (exact) mass is 686 g/mol. The van der Waals surface area contributed by atoms with Crippen LogP contribution in [-0.2, 0) is 29.2 Å². The molecule has 0 radical (unpaired) electrons. The van der Waals surface area contributed by atoms with Crippen LogP contribution in [0, 0.1) is 5.92 Å². The van der Waals surface area contributed by atoms with Crippen LogP contribution in [0.2, 0.25) is 0 Å². The van der Waals surface area contributed by atoms with E-state index in [-0.39, 0.29) is 38.0 Å². The van der Waals surface area contributed by atoms with Gasteiger partial charge in [-0.15, -0.1) is 6.58 Å². The molecule has 2 aromatic carbocycles. The standard InChI is InChI=1S/C36H38N4O8S/c1-4-23-20-36(23,35(44)39-49(45,46)27-13-14-27)38-34(43)31-18-26(21-40(31)33(42)16-11-24(41)5-2)48-32-19-29(22-9-7-6-8-10-22)37-30-17-25(47-3)12-15-28(30)32/h4-10,12,15,17,19,23,26-27,31H,1-2,11,13-14,16,18,20-21H2,3H3,(H,38,43)(H,39,44)/t23-,26-,31+,36-/m1/s1. The van der Waals surface area contributed by atoms with Crippen LogP contribution < -0.4 is 19.5 Å². The number of pyridine rings is 1. The lowest BCUT2D eigenvalue weighted by Gasteiger charge is -2.26. The number of sulfonamides is 1. The molecule has 1 aromatic heterocycles. The van der Waals surface area contributed by atoms with Gasteiger partial charge in [-0.25, -0.2) is 13.4 Å². The molecule has 2 N–H and O–H groups in total. The number of likely N-dealkylation sites (tertiary alicyclic amines) is 1. The van der Waals surface area contributed by atoms with Gasteiger partial charge in [0.2, 0.25) is 21.8 Å². The molecule has 0 spiro atoms. The number of ketones is 1. The molecule has 13 heteroatoms. The zero-order valence-corrected chi connectivity index (χ0v) is 27.9. The van der Waals surface area contributed by atoms with Crippen LogP contribution in [0.1, 0.15) is 38.5 Å². The summed E-state index contributed by atoms with van der Waals surface area (Å²) in [6, 6.07) is 15.7. The number of allylic oxidation sites excluding steroid dienone is 1. The number of hydrogen-bond donors (Lipinski definition) is 2. The van der Waals surface area contributed by atoms with Crippen LogP contribution in [0.15, 0.2) is 79.9 Å². The average Bonchev–Trinajstić information content (AvgIpc) is 4.03. The highest BCUT2D eigenvalue weighted by molar-refractivity contribution is 7.91. The maximum Gasteiger partial charge on any atom is 0.259 e. The number of nitrogens with zero attached hydrogens (tertiary/aromatic N) is 2. The molecule has 49 heavy (non-hydrogen) atoms. The molecule has 2 saturated carbocycles. The van der Waals surface area contributed by atoms with Crippen LogP contribution >= 0.6 is 0 Å². The second-order valence-electron chi connectivity index (χ2n) is 12.6. The number of carbonyl (C=O) groups is 4. The molecule has 3 aliphatic rings. The Bertz CT molecular complexity index is 1940. The van der Waals surface area contributed by atoms with Gasteiger partial charge in [0.25, 0.3) is 5.91 Å². The molecule has 4 atom stereocenters. The minimum atomic E-state index is -3.87. The van der Waals surface area contributed by atoms with E-state index in [1.807, 2.05) is 42.5 Å². The summed E-state index contributed by atoms with van der Waals surface area (Å²) in [5.74, 6) is -1.61. The molecule has 3 amide bonds. The Balaban J connectivity index is 1.28. The van der Waals surface area contributed by atoms with Gasteiger partial charge in [0.15, 0.2) is 5.78 Å². The highest BCUT2D eigenvalue weighted by atomic mass is 32.2. The predicted octanol–water partition coefficient (Wildman–Crippen LogP) is 3.46. The first-order valence-corrected chi connectivity index (χ1v) is 17.7. The number of rotatable bonds is 14. The summed E-state index contributed by atoms with van der Waals surface area (Å²) in [4.78, 5) is 59.0. The van der Waals surface area contributed by atoms with E-state index < -0.39 is 56.6 Å². The topological polar surface area (TPSA) is 161 Å². The molecule has 1 saturated heterocycles. The summed E-state index contributed by atoms with van der Waals surface area (Å²) in [7, 11) is -2.30. The number of fused-ring (bicyclic) bond motifs is 1. The number of amides is 3. The Kier molecular flexibility index (Phi) is 9.30. The predicted molar refractivity (Wildman–Crippen MR) is 182 cm³/mol. The van der Waals surface area contributed by atoms with Crippen LogP contribution in [0.3, 0.4) is 0 Å². The molecule has 1 aliphatic heterocycles. The molecule has 0 unspecified atom stereocenters. The fourth-order valence-corrected chi connectivity index (χ4v) is 7.60. The van der Waals surface area contributed by atoms with Gasteiger partial charge in [-0.05, 0) is 37.5 Å². The average molecular weight is 687 g/mol. The summed E-state index contributed by atoms with van der Waals surface area (Å²) in [5, 5.41) is 2.84. The van der Waals surface area contributed by atoms with E-state index in [2.05, 4.69) is 23.2 Å². The number of nitrogens with one attached hydrogen (secondary N) is 2. The van der Waals surface area contributed by atoms with Crippen molar-refractivity contribution in [2.45, 2.75) is 61.5 Å². The van der Waals surface area contributed by atoms with Crippen molar-refractivity contribution >= 4 is 44.4 Å². The fourth-order valence-electron chi connectivity index (χ4n) is 6.24. The molecule has 6 rings (SSSR count). The molecule has 2 aliphatic carbocycles. The normalized spacial score (nSPS) is 23.0. The van der Waals surface area contributed by atoms with Crippen molar-refractivity contribution in [3.8, 4) is 22.8 Å². The molecular formula is C36H38N4O8S. The van der Waals surface area contributed by atoms with Crippen LogP contribution in [-0.4, -0.2) is 78.4 Å². The molecule has 256 valence electrons. The van der Waals surface area contributed by atoms with Gasteiger partial charge in [-0.3, -0.25) is 23.9 Å². The molecule has 3 fully saturated rings. The number of carbonyl (C=O) groups excluding carboxylic acids is 4. The lowest BCUT2D eigenvalue weighted by atomic mass is 10.1. The first kappa shape index (κ1) is 33.8. The van der Waals surface area contributed by atoms with Gasteiger partial charge in [0, 0.05) is 48.3 Å². The highest BCUT2D eigenvalue weighted by Gasteiger charge is 2.61.